The average Bonchev–Trinajstić information content (AvgIpc) is 3.40. The molecule has 400 valence electrons. The lowest BCUT2D eigenvalue weighted by atomic mass is 9.48. The molecule has 74 heavy (non-hydrogen) atoms. The summed E-state index contributed by atoms with van der Waals surface area (Å²) in [6.45, 7) is 0.957. The minimum atomic E-state index is -5.40. The van der Waals surface area contributed by atoms with Crippen molar-refractivity contribution in [2.45, 2.75) is 86.6 Å². The number of halogens is 8. The molecule has 4 aromatic carbocycles. The van der Waals surface area contributed by atoms with Crippen molar-refractivity contribution < 1.29 is 59.0 Å². The molecule has 4 aromatic rings. The van der Waals surface area contributed by atoms with E-state index in [1.165, 1.54) is 76.6 Å². The van der Waals surface area contributed by atoms with E-state index < -0.39 is 135 Å². The van der Waals surface area contributed by atoms with E-state index in [-0.39, 0.29) is 63.4 Å². The van der Waals surface area contributed by atoms with Crippen molar-refractivity contribution in [3.63, 3.8) is 0 Å². The standard InChI is InChI=1S/C57H66F8N4O5/c1-37-43(21-11-23-47(37)58)52(56(60,61)62)35-54(41-19-13-25-66-31-41,68(27-29-73-3)33-45(52)49(70)39-15-7-5-8-16-39)51(72)55(42-20-14-26-67-32-42)36-53(57(63,64)65,44-22-12-24-48(59)38(44)2)46(34-69(55)28-30-74-4)50(71)40-17-9-6-10-18-40/h5-12,15-18,21-24,41-42,45-46,66-67H,13-14,19-20,25-36H2,1-4H3/t41?,42?,45-,46-,52+,53+,54-,55-/m1/s1. The van der Waals surface area contributed by atoms with Crippen molar-refractivity contribution in [1.82, 2.24) is 20.4 Å². The molecular formula is C57H66F8N4O5. The maximum absolute atomic E-state index is 18.0. The predicted molar refractivity (Wildman–Crippen MR) is 264 cm³/mol. The van der Waals surface area contributed by atoms with E-state index in [1.807, 2.05) is 0 Å². The van der Waals surface area contributed by atoms with Crippen LogP contribution in [0.25, 0.3) is 0 Å². The lowest BCUT2D eigenvalue weighted by molar-refractivity contribution is -0.244. The van der Waals surface area contributed by atoms with Gasteiger partial charge in [0, 0.05) is 64.6 Å². The molecule has 0 bridgehead atoms. The molecule has 4 aliphatic heterocycles. The molecule has 0 radical (unpaired) electrons. The zero-order valence-electron chi connectivity index (χ0n) is 42.3. The van der Waals surface area contributed by atoms with Crippen LogP contribution in [0.15, 0.2) is 97.1 Å². The molecule has 8 rings (SSSR count). The summed E-state index contributed by atoms with van der Waals surface area (Å²) in [7, 11) is 2.76. The van der Waals surface area contributed by atoms with Crippen molar-refractivity contribution in [3.8, 4) is 0 Å². The number of nitrogens with one attached hydrogen (secondary N) is 2. The Bertz CT molecular complexity index is 2450. The highest BCUT2D eigenvalue weighted by molar-refractivity contribution is 6.03. The number of alkyl halides is 6. The Kier molecular flexibility index (Phi) is 16.4. The molecule has 0 aromatic heterocycles. The first kappa shape index (κ1) is 55.3. The third-order valence-electron chi connectivity index (χ3n) is 17.3. The fraction of sp³-hybridized carbons (Fsp3) is 0.526. The average molecular weight is 1040 g/mol. The monoisotopic (exact) mass is 1040 g/mol. The Balaban J connectivity index is 1.52. The van der Waals surface area contributed by atoms with Gasteiger partial charge in [0.15, 0.2) is 17.3 Å². The van der Waals surface area contributed by atoms with Crippen LogP contribution in [0.1, 0.15) is 81.5 Å². The fourth-order valence-electron chi connectivity index (χ4n) is 13.8. The third-order valence-corrected chi connectivity index (χ3v) is 17.3. The van der Waals surface area contributed by atoms with E-state index in [0.717, 1.165) is 36.4 Å². The number of hydrogen-bond acceptors (Lipinski definition) is 9. The first-order valence-corrected chi connectivity index (χ1v) is 25.5. The van der Waals surface area contributed by atoms with Crippen LogP contribution in [0.5, 0.6) is 0 Å². The molecule has 8 atom stereocenters. The van der Waals surface area contributed by atoms with Gasteiger partial charge in [-0.2, -0.15) is 26.3 Å². The van der Waals surface area contributed by atoms with E-state index in [2.05, 4.69) is 10.6 Å². The van der Waals surface area contributed by atoms with Crippen LogP contribution in [-0.4, -0.2) is 130 Å². The highest BCUT2D eigenvalue weighted by Gasteiger charge is 2.77. The number of piperidine rings is 4. The normalized spacial score (nSPS) is 29.5. The zero-order chi connectivity index (χ0) is 53.3. The summed E-state index contributed by atoms with van der Waals surface area (Å²) in [6, 6.07) is 21.5. The molecule has 4 aliphatic rings. The van der Waals surface area contributed by atoms with Gasteiger partial charge in [0.1, 0.15) is 22.5 Å². The summed E-state index contributed by atoms with van der Waals surface area (Å²) in [4.78, 5) is 51.6. The van der Waals surface area contributed by atoms with Crippen LogP contribution < -0.4 is 10.6 Å². The second-order valence-corrected chi connectivity index (χ2v) is 20.8. The minimum Gasteiger partial charge on any atom is -0.383 e. The molecule has 4 saturated heterocycles. The maximum atomic E-state index is 18.0. The molecule has 0 saturated carbocycles. The van der Waals surface area contributed by atoms with Gasteiger partial charge in [0.2, 0.25) is 0 Å². The van der Waals surface area contributed by atoms with Crippen molar-refractivity contribution in [1.29, 1.82) is 0 Å². The van der Waals surface area contributed by atoms with Crippen LogP contribution in [-0.2, 0) is 25.1 Å². The molecule has 9 nitrogen and oxygen atoms in total. The topological polar surface area (TPSA) is 100 Å². The van der Waals surface area contributed by atoms with Gasteiger partial charge < -0.3 is 20.1 Å². The maximum Gasteiger partial charge on any atom is 0.399 e. The first-order chi connectivity index (χ1) is 35.3. The Morgan fingerprint density at radius 3 is 1.28 bits per heavy atom. The van der Waals surface area contributed by atoms with Crippen LogP contribution in [0.4, 0.5) is 35.1 Å². The zero-order valence-corrected chi connectivity index (χ0v) is 42.3. The molecule has 0 aliphatic carbocycles. The minimum absolute atomic E-state index is 0.0395. The van der Waals surface area contributed by atoms with Gasteiger partial charge in [-0.3, -0.25) is 24.2 Å². The molecule has 4 heterocycles. The highest BCUT2D eigenvalue weighted by Crippen LogP contribution is 2.64. The Labute approximate surface area is 427 Å². The van der Waals surface area contributed by atoms with Gasteiger partial charge >= 0.3 is 12.4 Å². The number of benzene rings is 4. The van der Waals surface area contributed by atoms with Crippen LogP contribution in [0, 0.1) is 49.2 Å². The van der Waals surface area contributed by atoms with Crippen LogP contribution in [0.3, 0.4) is 0 Å². The fourth-order valence-corrected chi connectivity index (χ4v) is 13.8. The molecule has 17 heteroatoms. The Morgan fingerprint density at radius 2 is 0.959 bits per heavy atom. The van der Waals surface area contributed by atoms with Crippen molar-refractivity contribution in [3.05, 3.63) is 142 Å². The summed E-state index contributed by atoms with van der Waals surface area (Å²) in [5.41, 5.74) is -13.4. The van der Waals surface area contributed by atoms with Gasteiger partial charge in [0.05, 0.1) is 36.1 Å². The van der Waals surface area contributed by atoms with E-state index in [9.17, 15) is 0 Å². The molecular weight excluding hydrogens is 973 g/mol. The van der Waals surface area contributed by atoms with Gasteiger partial charge in [0.25, 0.3) is 0 Å². The summed E-state index contributed by atoms with van der Waals surface area (Å²) >= 11 is 0. The Hall–Kier alpha value is -4.91. The molecule has 4 fully saturated rings. The second-order valence-electron chi connectivity index (χ2n) is 20.8. The van der Waals surface area contributed by atoms with Gasteiger partial charge in [-0.25, -0.2) is 8.78 Å². The molecule has 2 unspecified atom stereocenters. The summed E-state index contributed by atoms with van der Waals surface area (Å²) in [5.74, 6) is -10.8. The first-order valence-electron chi connectivity index (χ1n) is 25.5. The molecule has 0 spiro atoms. The highest BCUT2D eigenvalue weighted by atomic mass is 19.4. The smallest absolute Gasteiger partial charge is 0.383 e. The predicted octanol–water partition coefficient (Wildman–Crippen LogP) is 9.63. The lowest BCUT2D eigenvalue weighted by Crippen LogP contribution is -2.81. The van der Waals surface area contributed by atoms with Crippen LogP contribution in [0.2, 0.25) is 0 Å². The van der Waals surface area contributed by atoms with Crippen LogP contribution >= 0.6 is 0 Å². The number of nitrogens with zero attached hydrogens (tertiary/aromatic N) is 2. The number of methoxy groups -OCH3 is 2. The second kappa shape index (κ2) is 22.0. The van der Waals surface area contributed by atoms with Crippen molar-refractivity contribution in [2.75, 3.05) is 79.8 Å². The van der Waals surface area contributed by atoms with Gasteiger partial charge in [-0.15, -0.1) is 0 Å². The number of hydrogen-bond donors (Lipinski definition) is 2. The van der Waals surface area contributed by atoms with Gasteiger partial charge in [-0.1, -0.05) is 84.9 Å². The number of rotatable bonds is 16. The molecule has 2 N–H and O–H groups in total. The Morgan fingerprint density at radius 1 is 0.581 bits per heavy atom. The van der Waals surface area contributed by atoms with Crippen molar-refractivity contribution in [2.24, 2.45) is 23.7 Å². The summed E-state index contributed by atoms with van der Waals surface area (Å²) < 4.78 is 149. The van der Waals surface area contributed by atoms with E-state index in [1.54, 1.807) is 21.9 Å². The number of carbonyl (C=O) groups excluding carboxylic acids is 3. The number of ether oxygens (including phenoxy) is 2. The van der Waals surface area contributed by atoms with Crippen molar-refractivity contribution >= 4 is 17.3 Å². The summed E-state index contributed by atoms with van der Waals surface area (Å²) in [6.07, 6.45) is -12.1. The SMILES string of the molecule is COCCN1C[C@H](C(=O)c2ccccc2)[C@](c2cccc(F)c2C)(C(F)(F)F)C[C@]1(C(=O)[C@]1(C2CCCNC2)C[C@@](c2cccc(F)c2C)(C(F)(F)F)[C@@H](C(=O)c2ccccc2)CN1CCOC)C1CCCNC1. The van der Waals surface area contributed by atoms with E-state index in [0.29, 0.717) is 25.9 Å². The third kappa shape index (κ3) is 9.34. The van der Waals surface area contributed by atoms with Gasteiger partial charge in [-0.05, 0) is 112 Å². The summed E-state index contributed by atoms with van der Waals surface area (Å²) in [5, 5.41) is 6.61. The van der Waals surface area contributed by atoms with E-state index >= 15 is 49.5 Å². The number of ketones is 3. The molecule has 0 amide bonds. The number of Topliss-reactive ketones (excluding diaryl/α,β-unsaturated/α-hetero) is 3. The van der Waals surface area contributed by atoms with E-state index in [4.69, 9.17) is 9.47 Å². The largest absolute Gasteiger partial charge is 0.399 e. The lowest BCUT2D eigenvalue weighted by Gasteiger charge is -2.66. The number of likely N-dealkylation sites (tertiary alicyclic amines) is 2. The number of carbonyl (C=O) groups is 3. The quantitative estimate of drug-likeness (QED) is 0.0840.